The molecule has 0 saturated heterocycles. The minimum atomic E-state index is 0.863. The molecule has 0 atom stereocenters. The highest BCUT2D eigenvalue weighted by Crippen LogP contribution is 2.49. The maximum atomic E-state index is 6.61. The minimum absolute atomic E-state index is 0.863. The first-order valence-electron chi connectivity index (χ1n) is 22.2. The first kappa shape index (κ1) is 36.9. The van der Waals surface area contributed by atoms with E-state index in [0.29, 0.717) is 0 Å². The Morgan fingerprint density at radius 3 is 1.62 bits per heavy atom. The number of rotatable bonds is 7. The van der Waals surface area contributed by atoms with Crippen molar-refractivity contribution in [3.05, 3.63) is 243 Å². The maximum Gasteiger partial charge on any atom is 0.136 e. The summed E-state index contributed by atoms with van der Waals surface area (Å²) >= 11 is 0. The minimum Gasteiger partial charge on any atom is -0.456 e. The Bertz CT molecular complexity index is 3880. The van der Waals surface area contributed by atoms with Crippen LogP contribution in [0.2, 0.25) is 0 Å². The Labute approximate surface area is 376 Å². The molecule has 0 spiro atoms. The number of para-hydroxylation sites is 3. The first-order chi connectivity index (χ1) is 32.2. The van der Waals surface area contributed by atoms with Crippen LogP contribution >= 0.6 is 0 Å². The Morgan fingerprint density at radius 1 is 0.323 bits per heavy atom. The molecule has 65 heavy (non-hydrogen) atoms. The summed E-state index contributed by atoms with van der Waals surface area (Å²) in [5.41, 5.74) is 15.3. The summed E-state index contributed by atoms with van der Waals surface area (Å²) in [4.78, 5) is 2.43. The van der Waals surface area contributed by atoms with E-state index in [1.807, 2.05) is 6.07 Å². The lowest BCUT2D eigenvalue weighted by Crippen LogP contribution is -2.12. The molecular formula is C62H40N2O. The zero-order valence-corrected chi connectivity index (χ0v) is 35.4. The number of fused-ring (bicyclic) bond motifs is 9. The van der Waals surface area contributed by atoms with Crippen molar-refractivity contribution in [3.63, 3.8) is 0 Å². The Hall–Kier alpha value is -8.66. The molecule has 3 nitrogen and oxygen atoms in total. The molecule has 2 heterocycles. The first-order valence-corrected chi connectivity index (χ1v) is 22.2. The second-order valence-corrected chi connectivity index (χ2v) is 16.8. The van der Waals surface area contributed by atoms with Crippen molar-refractivity contribution in [3.8, 4) is 39.1 Å². The van der Waals surface area contributed by atoms with Gasteiger partial charge < -0.3 is 13.9 Å². The Morgan fingerprint density at radius 2 is 0.877 bits per heavy atom. The van der Waals surface area contributed by atoms with E-state index in [9.17, 15) is 0 Å². The van der Waals surface area contributed by atoms with Gasteiger partial charge in [0.15, 0.2) is 0 Å². The number of anilines is 3. The zero-order valence-electron chi connectivity index (χ0n) is 35.4. The SMILES string of the molecule is c1ccc(-c2ccc(N(c3ccc(-n4c5ccccc5c5ccccc54)cc3)c3cccc(-c4cc5ccccc5c5ccccc45)c3-c3ccc4c(c3)oc3ccccc34)cc2)cc1. The van der Waals surface area contributed by atoms with Gasteiger partial charge in [-0.3, -0.25) is 0 Å². The summed E-state index contributed by atoms with van der Waals surface area (Å²) in [7, 11) is 0. The molecule has 13 aromatic rings. The van der Waals surface area contributed by atoms with Crippen LogP contribution in [0.15, 0.2) is 247 Å². The topological polar surface area (TPSA) is 21.3 Å². The van der Waals surface area contributed by atoms with Crippen molar-refractivity contribution >= 4 is 82.4 Å². The number of hydrogen-bond donors (Lipinski definition) is 0. The van der Waals surface area contributed by atoms with E-state index in [1.165, 1.54) is 60.0 Å². The van der Waals surface area contributed by atoms with E-state index in [1.54, 1.807) is 0 Å². The van der Waals surface area contributed by atoms with Crippen molar-refractivity contribution in [2.24, 2.45) is 0 Å². The molecule has 0 unspecified atom stereocenters. The fourth-order valence-corrected chi connectivity index (χ4v) is 10.2. The van der Waals surface area contributed by atoms with Gasteiger partial charge in [-0.25, -0.2) is 0 Å². The zero-order chi connectivity index (χ0) is 42.8. The molecule has 0 aliphatic heterocycles. The van der Waals surface area contributed by atoms with E-state index >= 15 is 0 Å². The molecule has 0 N–H and O–H groups in total. The van der Waals surface area contributed by atoms with Gasteiger partial charge in [-0.15, -0.1) is 0 Å². The highest BCUT2D eigenvalue weighted by atomic mass is 16.3. The van der Waals surface area contributed by atoms with Gasteiger partial charge in [0.1, 0.15) is 11.2 Å². The van der Waals surface area contributed by atoms with Gasteiger partial charge in [0, 0.05) is 44.2 Å². The highest BCUT2D eigenvalue weighted by Gasteiger charge is 2.24. The summed E-state index contributed by atoms with van der Waals surface area (Å²) in [6.45, 7) is 0. The molecule has 2 aromatic heterocycles. The number of nitrogens with zero attached hydrogens (tertiary/aromatic N) is 2. The summed E-state index contributed by atoms with van der Waals surface area (Å²) in [5, 5.41) is 9.62. The summed E-state index contributed by atoms with van der Waals surface area (Å²) in [6, 6.07) is 87.9. The van der Waals surface area contributed by atoms with Crippen LogP contribution in [0, 0.1) is 0 Å². The second-order valence-electron chi connectivity index (χ2n) is 16.8. The van der Waals surface area contributed by atoms with Gasteiger partial charge in [0.25, 0.3) is 0 Å². The van der Waals surface area contributed by atoms with E-state index in [0.717, 1.165) is 61.4 Å². The van der Waals surface area contributed by atoms with E-state index in [2.05, 4.69) is 246 Å². The van der Waals surface area contributed by atoms with Gasteiger partial charge in [-0.2, -0.15) is 0 Å². The lowest BCUT2D eigenvalue weighted by molar-refractivity contribution is 0.669. The molecule has 0 aliphatic carbocycles. The van der Waals surface area contributed by atoms with Crippen molar-refractivity contribution in [2.45, 2.75) is 0 Å². The van der Waals surface area contributed by atoms with E-state index in [-0.39, 0.29) is 0 Å². The van der Waals surface area contributed by atoms with Crippen molar-refractivity contribution in [1.82, 2.24) is 4.57 Å². The number of benzene rings is 11. The number of hydrogen-bond acceptors (Lipinski definition) is 2. The fraction of sp³-hybridized carbons (Fsp3) is 0. The molecule has 0 amide bonds. The number of furan rings is 1. The van der Waals surface area contributed by atoms with Gasteiger partial charge in [0.05, 0.1) is 16.7 Å². The molecule has 3 heteroatoms. The fourth-order valence-electron chi connectivity index (χ4n) is 10.2. The van der Waals surface area contributed by atoms with E-state index in [4.69, 9.17) is 4.42 Å². The van der Waals surface area contributed by atoms with Crippen LogP contribution in [-0.2, 0) is 0 Å². The quantitative estimate of drug-likeness (QED) is 0.149. The van der Waals surface area contributed by atoms with Crippen LogP contribution in [0.4, 0.5) is 17.1 Å². The Balaban J connectivity index is 1.07. The monoisotopic (exact) mass is 828 g/mol. The van der Waals surface area contributed by atoms with Gasteiger partial charge in [0.2, 0.25) is 0 Å². The molecule has 11 aromatic carbocycles. The third-order valence-electron chi connectivity index (χ3n) is 13.2. The molecule has 304 valence electrons. The van der Waals surface area contributed by atoms with Gasteiger partial charge >= 0.3 is 0 Å². The van der Waals surface area contributed by atoms with Gasteiger partial charge in [-0.05, 0) is 128 Å². The lowest BCUT2D eigenvalue weighted by Gasteiger charge is -2.30. The average Bonchev–Trinajstić information content (AvgIpc) is 3.92. The maximum absolute atomic E-state index is 6.61. The molecule has 13 rings (SSSR count). The van der Waals surface area contributed by atoms with Crippen LogP contribution in [-0.4, -0.2) is 4.57 Å². The molecule has 0 saturated carbocycles. The standard InChI is InChI=1S/C62H40N2O/c1-2-15-41(16-3-1)42-29-32-45(33-30-42)63(46-34-36-47(37-35-46)64-57-25-11-8-21-51(57)52-22-9-12-26-58(52)64)59-27-14-24-55(56-39-43-17-4-5-18-48(43)49-19-6-7-20-50(49)56)62(59)44-31-38-54-53-23-10-13-28-60(53)65-61(54)40-44/h1-40H. The second kappa shape index (κ2) is 15.0. The summed E-state index contributed by atoms with van der Waals surface area (Å²) in [5.74, 6) is 0. The van der Waals surface area contributed by atoms with Crippen LogP contribution in [0.5, 0.6) is 0 Å². The van der Waals surface area contributed by atoms with Crippen molar-refractivity contribution in [1.29, 1.82) is 0 Å². The normalized spacial score (nSPS) is 11.7. The largest absolute Gasteiger partial charge is 0.456 e. The third kappa shape index (κ3) is 6.05. The van der Waals surface area contributed by atoms with Crippen LogP contribution in [0.25, 0.3) is 104 Å². The predicted molar refractivity (Wildman–Crippen MR) is 274 cm³/mol. The average molecular weight is 829 g/mol. The Kier molecular flexibility index (Phi) is 8.53. The highest BCUT2D eigenvalue weighted by molar-refractivity contribution is 6.16. The van der Waals surface area contributed by atoms with Crippen LogP contribution < -0.4 is 4.90 Å². The molecule has 0 fully saturated rings. The van der Waals surface area contributed by atoms with Crippen molar-refractivity contribution < 1.29 is 4.42 Å². The van der Waals surface area contributed by atoms with E-state index < -0.39 is 0 Å². The number of aromatic nitrogens is 1. The molecule has 0 radical (unpaired) electrons. The smallest absolute Gasteiger partial charge is 0.136 e. The molecule has 0 bridgehead atoms. The molecule has 0 aliphatic rings. The van der Waals surface area contributed by atoms with Crippen molar-refractivity contribution in [2.75, 3.05) is 4.90 Å². The predicted octanol–water partition coefficient (Wildman–Crippen LogP) is 17.5. The lowest BCUT2D eigenvalue weighted by atomic mass is 9.87. The third-order valence-corrected chi connectivity index (χ3v) is 13.2. The van der Waals surface area contributed by atoms with Crippen LogP contribution in [0.3, 0.4) is 0 Å². The summed E-state index contributed by atoms with van der Waals surface area (Å²) < 4.78 is 8.99. The van der Waals surface area contributed by atoms with Gasteiger partial charge in [-0.1, -0.05) is 164 Å². The molecular weight excluding hydrogens is 789 g/mol. The van der Waals surface area contributed by atoms with Crippen LogP contribution in [0.1, 0.15) is 0 Å². The summed E-state index contributed by atoms with van der Waals surface area (Å²) in [6.07, 6.45) is 0.